The molecule has 2 aromatic rings. The molecular weight excluding hydrogens is 252 g/mol. The predicted molar refractivity (Wildman–Crippen MR) is 80.9 cm³/mol. The maximum absolute atomic E-state index is 11.3. The van der Waals surface area contributed by atoms with Crippen LogP contribution in [0.3, 0.4) is 0 Å². The van der Waals surface area contributed by atoms with Gasteiger partial charge in [-0.2, -0.15) is 0 Å². The van der Waals surface area contributed by atoms with Gasteiger partial charge in [0.25, 0.3) is 0 Å². The Bertz CT molecular complexity index is 604. The van der Waals surface area contributed by atoms with E-state index in [-0.39, 0.29) is 5.92 Å². The van der Waals surface area contributed by atoms with Crippen LogP contribution in [0.1, 0.15) is 43.2 Å². The second-order valence-corrected chi connectivity index (χ2v) is 5.35. The normalized spacial score (nSPS) is 14.3. The number of unbranched alkanes of at least 4 members (excludes halogenated alkanes) is 1. The predicted octanol–water partition coefficient (Wildman–Crippen LogP) is 3.16. The lowest BCUT2D eigenvalue weighted by Gasteiger charge is -2.20. The van der Waals surface area contributed by atoms with Crippen LogP contribution in [-0.2, 0) is 4.79 Å². The Morgan fingerprint density at radius 1 is 1.45 bits per heavy atom. The molecule has 0 amide bonds. The lowest BCUT2D eigenvalue weighted by atomic mass is 9.87. The van der Waals surface area contributed by atoms with Gasteiger partial charge in [0.1, 0.15) is 6.04 Å². The second-order valence-electron chi connectivity index (χ2n) is 5.35. The third kappa shape index (κ3) is 2.70. The fourth-order valence-electron chi connectivity index (χ4n) is 2.76. The Morgan fingerprint density at radius 2 is 2.20 bits per heavy atom. The molecule has 0 fully saturated rings. The van der Waals surface area contributed by atoms with Gasteiger partial charge >= 0.3 is 5.97 Å². The van der Waals surface area contributed by atoms with Crippen LogP contribution in [0.15, 0.2) is 24.4 Å². The first-order valence-electron chi connectivity index (χ1n) is 7.11. The second kappa shape index (κ2) is 6.09. The van der Waals surface area contributed by atoms with E-state index >= 15 is 0 Å². The largest absolute Gasteiger partial charge is 0.480 e. The minimum Gasteiger partial charge on any atom is -0.480 e. The molecule has 0 radical (unpaired) electrons. The summed E-state index contributed by atoms with van der Waals surface area (Å²) < 4.78 is 0. The van der Waals surface area contributed by atoms with E-state index in [1.807, 2.05) is 31.3 Å². The third-order valence-corrected chi connectivity index (χ3v) is 3.94. The molecule has 0 spiro atoms. The Kier molecular flexibility index (Phi) is 4.45. The molecule has 4 N–H and O–H groups in total. The SMILES string of the molecule is CCCC[C@@H](c1c[nH]c2c(C)cccc12)[C@H](N)C(=O)O. The number of aryl methyl sites for hydroxylation is 1. The monoisotopic (exact) mass is 274 g/mol. The zero-order valence-electron chi connectivity index (χ0n) is 12.0. The molecule has 108 valence electrons. The number of rotatable bonds is 6. The van der Waals surface area contributed by atoms with Crippen molar-refractivity contribution in [3.05, 3.63) is 35.5 Å². The number of H-pyrrole nitrogens is 1. The van der Waals surface area contributed by atoms with E-state index in [9.17, 15) is 9.90 Å². The number of carboxylic acids is 1. The van der Waals surface area contributed by atoms with Gasteiger partial charge in [-0.25, -0.2) is 0 Å². The molecule has 4 nitrogen and oxygen atoms in total. The van der Waals surface area contributed by atoms with Crippen molar-refractivity contribution in [2.24, 2.45) is 5.73 Å². The van der Waals surface area contributed by atoms with Crippen LogP contribution in [0.25, 0.3) is 10.9 Å². The number of carboxylic acid groups (broad SMARTS) is 1. The van der Waals surface area contributed by atoms with E-state index < -0.39 is 12.0 Å². The van der Waals surface area contributed by atoms with E-state index in [4.69, 9.17) is 5.73 Å². The van der Waals surface area contributed by atoms with Crippen LogP contribution in [0, 0.1) is 6.92 Å². The molecule has 0 unspecified atom stereocenters. The lowest BCUT2D eigenvalue weighted by Crippen LogP contribution is -2.36. The fraction of sp³-hybridized carbons (Fsp3) is 0.438. The first-order chi connectivity index (χ1) is 9.56. The third-order valence-electron chi connectivity index (χ3n) is 3.94. The molecule has 0 bridgehead atoms. The molecule has 0 aliphatic carbocycles. The van der Waals surface area contributed by atoms with Crippen LogP contribution >= 0.6 is 0 Å². The van der Waals surface area contributed by atoms with Gasteiger partial charge in [-0.3, -0.25) is 4.79 Å². The molecule has 1 aromatic heterocycles. The van der Waals surface area contributed by atoms with Crippen LogP contribution in [0.2, 0.25) is 0 Å². The summed E-state index contributed by atoms with van der Waals surface area (Å²) in [5.74, 6) is -1.09. The Labute approximate surface area is 119 Å². The fourth-order valence-corrected chi connectivity index (χ4v) is 2.76. The Morgan fingerprint density at radius 3 is 2.85 bits per heavy atom. The first kappa shape index (κ1) is 14.6. The standard InChI is InChI=1S/C16H22N2O2/c1-3-4-7-11(14(17)16(19)20)13-9-18-15-10(2)6-5-8-12(13)15/h5-6,8-9,11,14,18H,3-4,7,17H2,1-2H3,(H,19,20)/t11-,14-/m0/s1. The van der Waals surface area contributed by atoms with E-state index in [1.54, 1.807) is 0 Å². The summed E-state index contributed by atoms with van der Waals surface area (Å²) in [4.78, 5) is 14.5. The van der Waals surface area contributed by atoms with Crippen molar-refractivity contribution in [3.8, 4) is 0 Å². The summed E-state index contributed by atoms with van der Waals surface area (Å²) in [5, 5.41) is 10.3. The Balaban J connectivity index is 2.45. The van der Waals surface area contributed by atoms with Gasteiger partial charge in [0, 0.05) is 23.0 Å². The number of para-hydroxylation sites is 1. The van der Waals surface area contributed by atoms with Gasteiger partial charge in [0.2, 0.25) is 0 Å². The summed E-state index contributed by atoms with van der Waals surface area (Å²) in [7, 11) is 0. The maximum Gasteiger partial charge on any atom is 0.321 e. The van der Waals surface area contributed by atoms with Crippen LogP contribution < -0.4 is 5.73 Å². The number of fused-ring (bicyclic) bond motifs is 1. The average Bonchev–Trinajstić information content (AvgIpc) is 2.84. The van der Waals surface area contributed by atoms with Crippen molar-refractivity contribution in [1.82, 2.24) is 4.98 Å². The number of hydrogen-bond acceptors (Lipinski definition) is 2. The molecular formula is C16H22N2O2. The van der Waals surface area contributed by atoms with Gasteiger partial charge in [0.15, 0.2) is 0 Å². The highest BCUT2D eigenvalue weighted by molar-refractivity contribution is 5.87. The Hall–Kier alpha value is -1.81. The number of aliphatic carboxylic acids is 1. The van der Waals surface area contributed by atoms with Crippen molar-refractivity contribution in [2.45, 2.75) is 45.1 Å². The highest BCUT2D eigenvalue weighted by atomic mass is 16.4. The summed E-state index contributed by atoms with van der Waals surface area (Å²) in [6.45, 7) is 4.14. The van der Waals surface area contributed by atoms with Crippen molar-refractivity contribution in [2.75, 3.05) is 0 Å². The number of benzene rings is 1. The van der Waals surface area contributed by atoms with Crippen molar-refractivity contribution in [1.29, 1.82) is 0 Å². The number of aromatic nitrogens is 1. The lowest BCUT2D eigenvalue weighted by molar-refractivity contribution is -0.139. The highest BCUT2D eigenvalue weighted by Crippen LogP contribution is 2.32. The number of hydrogen-bond donors (Lipinski definition) is 3. The van der Waals surface area contributed by atoms with E-state index in [1.165, 1.54) is 0 Å². The van der Waals surface area contributed by atoms with E-state index in [0.717, 1.165) is 41.3 Å². The molecule has 1 heterocycles. The number of aromatic amines is 1. The summed E-state index contributed by atoms with van der Waals surface area (Å²) in [5.41, 5.74) is 9.16. The molecule has 20 heavy (non-hydrogen) atoms. The smallest absolute Gasteiger partial charge is 0.321 e. The highest BCUT2D eigenvalue weighted by Gasteiger charge is 2.27. The van der Waals surface area contributed by atoms with Crippen LogP contribution in [0.5, 0.6) is 0 Å². The van der Waals surface area contributed by atoms with E-state index in [0.29, 0.717) is 0 Å². The minimum absolute atomic E-state index is 0.150. The topological polar surface area (TPSA) is 79.1 Å². The van der Waals surface area contributed by atoms with Crippen molar-refractivity contribution < 1.29 is 9.90 Å². The summed E-state index contributed by atoms with van der Waals surface area (Å²) in [6, 6.07) is 5.21. The first-order valence-corrected chi connectivity index (χ1v) is 7.11. The van der Waals surface area contributed by atoms with Gasteiger partial charge < -0.3 is 15.8 Å². The average molecular weight is 274 g/mol. The number of nitrogens with two attached hydrogens (primary N) is 1. The van der Waals surface area contributed by atoms with Crippen molar-refractivity contribution >= 4 is 16.9 Å². The quantitative estimate of drug-likeness (QED) is 0.757. The van der Waals surface area contributed by atoms with Gasteiger partial charge in [-0.05, 0) is 24.5 Å². The molecule has 0 aliphatic rings. The molecule has 1 aromatic carbocycles. The maximum atomic E-state index is 11.3. The van der Waals surface area contributed by atoms with Gasteiger partial charge in [-0.1, -0.05) is 38.0 Å². The number of carbonyl (C=O) groups is 1. The molecule has 0 saturated carbocycles. The molecule has 2 rings (SSSR count). The van der Waals surface area contributed by atoms with Gasteiger partial charge in [0.05, 0.1) is 0 Å². The zero-order chi connectivity index (χ0) is 14.7. The van der Waals surface area contributed by atoms with E-state index in [2.05, 4.69) is 11.9 Å². The molecule has 4 heteroatoms. The van der Waals surface area contributed by atoms with Gasteiger partial charge in [-0.15, -0.1) is 0 Å². The van der Waals surface area contributed by atoms with Crippen LogP contribution in [0.4, 0.5) is 0 Å². The van der Waals surface area contributed by atoms with Crippen LogP contribution in [-0.4, -0.2) is 22.1 Å². The zero-order valence-corrected chi connectivity index (χ0v) is 12.0. The van der Waals surface area contributed by atoms with Crippen molar-refractivity contribution in [3.63, 3.8) is 0 Å². The molecule has 2 atom stereocenters. The summed E-state index contributed by atoms with van der Waals surface area (Å²) in [6.07, 6.45) is 4.72. The summed E-state index contributed by atoms with van der Waals surface area (Å²) >= 11 is 0. The number of nitrogens with one attached hydrogen (secondary N) is 1. The molecule has 0 aliphatic heterocycles. The minimum atomic E-state index is -0.937. The molecule has 0 saturated heterocycles.